The number of fused-ring (bicyclic) bond motifs is 1. The van der Waals surface area contributed by atoms with Gasteiger partial charge in [0.1, 0.15) is 0 Å². The largest absolute Gasteiger partial charge is 0.376 e. The Hall–Kier alpha value is -1.61. The molecule has 1 aliphatic rings. The molecule has 88 valence electrons. The molecule has 0 bridgehead atoms. The molecule has 1 aromatic carbocycles. The number of aromatic nitrogens is 2. The lowest BCUT2D eigenvalue weighted by molar-refractivity contribution is 0.109. The molecule has 0 fully saturated rings. The number of aromatic amines is 1. The highest BCUT2D eigenvalue weighted by Gasteiger charge is 2.17. The molecule has 17 heavy (non-hydrogen) atoms. The molecule has 3 rings (SSSR count). The van der Waals surface area contributed by atoms with Crippen molar-refractivity contribution in [1.82, 2.24) is 10.2 Å². The van der Waals surface area contributed by atoms with E-state index in [-0.39, 0.29) is 0 Å². The first-order chi connectivity index (χ1) is 8.33. The standard InChI is InChI=1S/C14H16N2O/c1-10-2-4-11(5-3-10)8-14-12-9-17-7-6-13(12)15-16-14/h2-5H,6-9H2,1H3,(H,15,16). The van der Waals surface area contributed by atoms with Crippen LogP contribution >= 0.6 is 0 Å². The Morgan fingerprint density at radius 1 is 1.29 bits per heavy atom. The van der Waals surface area contributed by atoms with Crippen molar-refractivity contribution in [3.8, 4) is 0 Å². The molecule has 2 heterocycles. The molecule has 0 spiro atoms. The fraction of sp³-hybridized carbons (Fsp3) is 0.357. The van der Waals surface area contributed by atoms with Crippen LogP contribution < -0.4 is 0 Å². The topological polar surface area (TPSA) is 37.9 Å². The normalized spacial score (nSPS) is 14.6. The summed E-state index contributed by atoms with van der Waals surface area (Å²) in [6, 6.07) is 8.62. The molecule has 2 aromatic rings. The lowest BCUT2D eigenvalue weighted by Crippen LogP contribution is -2.09. The van der Waals surface area contributed by atoms with E-state index in [0.717, 1.165) is 25.1 Å². The molecule has 0 aliphatic carbocycles. The number of benzene rings is 1. The van der Waals surface area contributed by atoms with Crippen molar-refractivity contribution in [2.75, 3.05) is 6.61 Å². The number of hydrogen-bond donors (Lipinski definition) is 1. The summed E-state index contributed by atoms with van der Waals surface area (Å²) in [5.74, 6) is 0. The number of aryl methyl sites for hydroxylation is 1. The minimum atomic E-state index is 0.701. The number of nitrogens with zero attached hydrogens (tertiary/aromatic N) is 1. The Balaban J connectivity index is 1.85. The summed E-state index contributed by atoms with van der Waals surface area (Å²) in [5.41, 5.74) is 6.23. The number of ether oxygens (including phenoxy) is 1. The van der Waals surface area contributed by atoms with Crippen LogP contribution in [0, 0.1) is 6.92 Å². The van der Waals surface area contributed by atoms with Crippen LogP contribution in [0.5, 0.6) is 0 Å². The Morgan fingerprint density at radius 3 is 2.94 bits per heavy atom. The van der Waals surface area contributed by atoms with Gasteiger partial charge in [0.15, 0.2) is 0 Å². The summed E-state index contributed by atoms with van der Waals surface area (Å²) in [6.07, 6.45) is 1.84. The summed E-state index contributed by atoms with van der Waals surface area (Å²) >= 11 is 0. The summed E-state index contributed by atoms with van der Waals surface area (Å²) in [6.45, 7) is 3.61. The zero-order valence-corrected chi connectivity index (χ0v) is 9.99. The SMILES string of the molecule is Cc1ccc(Cc2n[nH]c3c2COCC3)cc1. The zero-order valence-electron chi connectivity index (χ0n) is 9.99. The van der Waals surface area contributed by atoms with Crippen molar-refractivity contribution in [1.29, 1.82) is 0 Å². The quantitative estimate of drug-likeness (QED) is 0.857. The molecule has 0 saturated carbocycles. The van der Waals surface area contributed by atoms with E-state index in [1.807, 2.05) is 0 Å². The van der Waals surface area contributed by atoms with Gasteiger partial charge in [-0.05, 0) is 12.5 Å². The molecule has 3 heteroatoms. The fourth-order valence-electron chi connectivity index (χ4n) is 2.22. The first kappa shape index (κ1) is 10.5. The lowest BCUT2D eigenvalue weighted by Gasteiger charge is -2.12. The van der Waals surface area contributed by atoms with Crippen LogP contribution in [0.25, 0.3) is 0 Å². The molecule has 0 unspecified atom stereocenters. The number of rotatable bonds is 2. The van der Waals surface area contributed by atoms with E-state index in [1.54, 1.807) is 0 Å². The van der Waals surface area contributed by atoms with Crippen molar-refractivity contribution < 1.29 is 4.74 Å². The van der Waals surface area contributed by atoms with Gasteiger partial charge in [-0.15, -0.1) is 0 Å². The zero-order chi connectivity index (χ0) is 11.7. The van der Waals surface area contributed by atoms with Crippen LogP contribution in [0.1, 0.15) is 28.1 Å². The van der Waals surface area contributed by atoms with Crippen molar-refractivity contribution in [3.63, 3.8) is 0 Å². The van der Waals surface area contributed by atoms with Gasteiger partial charge in [0.05, 0.1) is 18.9 Å². The van der Waals surface area contributed by atoms with Crippen molar-refractivity contribution >= 4 is 0 Å². The number of H-pyrrole nitrogens is 1. The maximum Gasteiger partial charge on any atom is 0.0753 e. The van der Waals surface area contributed by atoms with Gasteiger partial charge in [-0.3, -0.25) is 5.10 Å². The molecule has 1 aromatic heterocycles. The third kappa shape index (κ3) is 2.11. The van der Waals surface area contributed by atoms with Gasteiger partial charge >= 0.3 is 0 Å². The Bertz CT molecular complexity index is 514. The van der Waals surface area contributed by atoms with Crippen LogP contribution in [0.3, 0.4) is 0 Å². The van der Waals surface area contributed by atoms with Crippen LogP contribution in [-0.2, 0) is 24.2 Å². The summed E-state index contributed by atoms with van der Waals surface area (Å²) in [5, 5.41) is 7.54. The van der Waals surface area contributed by atoms with E-state index in [1.165, 1.54) is 22.4 Å². The minimum absolute atomic E-state index is 0.701. The second kappa shape index (κ2) is 4.34. The Kier molecular flexibility index (Phi) is 2.69. The average molecular weight is 228 g/mol. The van der Waals surface area contributed by atoms with E-state index in [0.29, 0.717) is 6.61 Å². The Labute approximate surface area is 101 Å². The molecular weight excluding hydrogens is 212 g/mol. The van der Waals surface area contributed by atoms with Gasteiger partial charge in [-0.25, -0.2) is 0 Å². The van der Waals surface area contributed by atoms with Gasteiger partial charge in [0, 0.05) is 24.1 Å². The molecule has 0 saturated heterocycles. The summed E-state index contributed by atoms with van der Waals surface area (Å²) in [7, 11) is 0. The highest BCUT2D eigenvalue weighted by atomic mass is 16.5. The maximum atomic E-state index is 5.49. The molecule has 3 nitrogen and oxygen atoms in total. The van der Waals surface area contributed by atoms with Gasteiger partial charge in [-0.1, -0.05) is 29.8 Å². The van der Waals surface area contributed by atoms with Crippen LogP contribution in [0.15, 0.2) is 24.3 Å². The predicted molar refractivity (Wildman–Crippen MR) is 65.9 cm³/mol. The van der Waals surface area contributed by atoms with E-state index in [9.17, 15) is 0 Å². The van der Waals surface area contributed by atoms with Crippen molar-refractivity contribution in [2.24, 2.45) is 0 Å². The van der Waals surface area contributed by atoms with E-state index < -0.39 is 0 Å². The second-order valence-corrected chi connectivity index (χ2v) is 4.59. The third-order valence-electron chi connectivity index (χ3n) is 3.27. The molecule has 0 radical (unpaired) electrons. The number of hydrogen-bond acceptors (Lipinski definition) is 2. The van der Waals surface area contributed by atoms with Gasteiger partial charge in [-0.2, -0.15) is 5.10 Å². The van der Waals surface area contributed by atoms with Gasteiger partial charge in [0.2, 0.25) is 0 Å². The minimum Gasteiger partial charge on any atom is -0.376 e. The van der Waals surface area contributed by atoms with Crippen LogP contribution in [-0.4, -0.2) is 16.8 Å². The maximum absolute atomic E-state index is 5.49. The molecule has 0 atom stereocenters. The molecular formula is C14H16N2O. The fourth-order valence-corrected chi connectivity index (χ4v) is 2.22. The van der Waals surface area contributed by atoms with E-state index in [4.69, 9.17) is 4.74 Å². The Morgan fingerprint density at radius 2 is 2.12 bits per heavy atom. The van der Waals surface area contributed by atoms with E-state index in [2.05, 4.69) is 41.4 Å². The average Bonchev–Trinajstić information content (AvgIpc) is 2.76. The van der Waals surface area contributed by atoms with Gasteiger partial charge < -0.3 is 4.74 Å². The monoisotopic (exact) mass is 228 g/mol. The first-order valence-electron chi connectivity index (χ1n) is 6.01. The summed E-state index contributed by atoms with van der Waals surface area (Å²) in [4.78, 5) is 0. The van der Waals surface area contributed by atoms with Crippen LogP contribution in [0.2, 0.25) is 0 Å². The highest BCUT2D eigenvalue weighted by molar-refractivity contribution is 5.32. The van der Waals surface area contributed by atoms with Crippen molar-refractivity contribution in [2.45, 2.75) is 26.4 Å². The first-order valence-corrected chi connectivity index (χ1v) is 6.01. The predicted octanol–water partition coefficient (Wildman–Crippen LogP) is 2.38. The number of nitrogens with one attached hydrogen (secondary N) is 1. The molecule has 1 N–H and O–H groups in total. The smallest absolute Gasteiger partial charge is 0.0753 e. The molecule has 0 amide bonds. The van der Waals surface area contributed by atoms with Gasteiger partial charge in [0.25, 0.3) is 0 Å². The molecule has 1 aliphatic heterocycles. The highest BCUT2D eigenvalue weighted by Crippen LogP contribution is 2.20. The third-order valence-corrected chi connectivity index (χ3v) is 3.27. The summed E-state index contributed by atoms with van der Waals surface area (Å²) < 4.78 is 5.49. The lowest BCUT2D eigenvalue weighted by atomic mass is 10.0. The van der Waals surface area contributed by atoms with E-state index >= 15 is 0 Å². The van der Waals surface area contributed by atoms with Crippen molar-refractivity contribution in [3.05, 3.63) is 52.3 Å². The second-order valence-electron chi connectivity index (χ2n) is 4.59. The van der Waals surface area contributed by atoms with Crippen LogP contribution in [0.4, 0.5) is 0 Å².